The second-order valence-electron chi connectivity index (χ2n) is 14.0. The Balaban J connectivity index is 1.12. The highest BCUT2D eigenvalue weighted by molar-refractivity contribution is 8.00. The topological polar surface area (TPSA) is 105 Å². The van der Waals surface area contributed by atoms with Crippen LogP contribution >= 0.6 is 11.8 Å². The molecule has 1 aliphatic heterocycles. The standard InChI is InChI=1S/C31H48N4O4S/c1-31(2,30(37)33-17-19-8-10-32-11-9-19)18-38-29-27(40-24-6-4-3-5-7-24)26(39-35-29)28(36)34-25-22-13-20-12-21(15-22)16-23(25)14-20/h19-25,32H,3-18H2,1-2H3,(H,33,37)(H,34,36). The zero-order valence-electron chi connectivity index (χ0n) is 24.3. The summed E-state index contributed by atoms with van der Waals surface area (Å²) in [4.78, 5) is 27.4. The summed E-state index contributed by atoms with van der Waals surface area (Å²) < 4.78 is 11.9. The number of hydrogen-bond donors (Lipinski definition) is 3. The lowest BCUT2D eigenvalue weighted by atomic mass is 9.54. The van der Waals surface area contributed by atoms with Gasteiger partial charge >= 0.3 is 0 Å². The predicted octanol–water partition coefficient (Wildman–Crippen LogP) is 5.17. The van der Waals surface area contributed by atoms with Crippen molar-refractivity contribution in [2.75, 3.05) is 26.2 Å². The summed E-state index contributed by atoms with van der Waals surface area (Å²) in [7, 11) is 0. The third kappa shape index (κ3) is 6.35. The number of nitrogens with one attached hydrogen (secondary N) is 3. The number of nitrogens with zero attached hydrogens (tertiary/aromatic N) is 1. The summed E-state index contributed by atoms with van der Waals surface area (Å²) in [5, 5.41) is 14.6. The van der Waals surface area contributed by atoms with Crippen molar-refractivity contribution in [1.82, 2.24) is 21.1 Å². The van der Waals surface area contributed by atoms with Crippen LogP contribution in [0, 0.1) is 35.0 Å². The molecule has 0 unspecified atom stereocenters. The summed E-state index contributed by atoms with van der Waals surface area (Å²) in [6.07, 6.45) is 14.5. The third-order valence-electron chi connectivity index (χ3n) is 10.4. The van der Waals surface area contributed by atoms with Crippen molar-refractivity contribution in [1.29, 1.82) is 0 Å². The lowest BCUT2D eigenvalue weighted by molar-refractivity contribution is -0.131. The van der Waals surface area contributed by atoms with Gasteiger partial charge in [0, 0.05) is 17.8 Å². The molecule has 222 valence electrons. The van der Waals surface area contributed by atoms with Gasteiger partial charge in [0.05, 0.1) is 5.41 Å². The van der Waals surface area contributed by atoms with Crippen molar-refractivity contribution in [3.05, 3.63) is 5.76 Å². The zero-order valence-corrected chi connectivity index (χ0v) is 25.2. The van der Waals surface area contributed by atoms with Crippen molar-refractivity contribution >= 4 is 23.6 Å². The monoisotopic (exact) mass is 572 g/mol. The van der Waals surface area contributed by atoms with Crippen LogP contribution in [-0.4, -0.2) is 54.5 Å². The maximum Gasteiger partial charge on any atom is 0.291 e. The van der Waals surface area contributed by atoms with Crippen LogP contribution in [0.4, 0.5) is 0 Å². The van der Waals surface area contributed by atoms with Crippen LogP contribution in [-0.2, 0) is 4.79 Å². The van der Waals surface area contributed by atoms with E-state index in [0.717, 1.165) is 50.6 Å². The van der Waals surface area contributed by atoms with Gasteiger partial charge in [-0.25, -0.2) is 0 Å². The van der Waals surface area contributed by atoms with Gasteiger partial charge in [0.15, 0.2) is 0 Å². The summed E-state index contributed by atoms with van der Waals surface area (Å²) in [6, 6.07) is 0.241. The molecule has 40 heavy (non-hydrogen) atoms. The zero-order chi connectivity index (χ0) is 27.7. The average Bonchev–Trinajstić information content (AvgIpc) is 3.35. The van der Waals surface area contributed by atoms with E-state index in [2.05, 4.69) is 21.1 Å². The quantitative estimate of drug-likeness (QED) is 0.355. The Hall–Kier alpha value is -1.74. The molecule has 0 aromatic carbocycles. The maximum atomic E-state index is 13.7. The van der Waals surface area contributed by atoms with E-state index in [4.69, 9.17) is 9.26 Å². The van der Waals surface area contributed by atoms with Crippen LogP contribution in [0.5, 0.6) is 5.88 Å². The number of thioether (sulfide) groups is 1. The number of aromatic nitrogens is 1. The minimum absolute atomic E-state index is 0.0177. The molecule has 1 aromatic heterocycles. The Morgan fingerprint density at radius 2 is 1.68 bits per heavy atom. The average molecular weight is 573 g/mol. The number of carbonyl (C=O) groups is 2. The van der Waals surface area contributed by atoms with Crippen LogP contribution < -0.4 is 20.7 Å². The Labute approximate surface area is 243 Å². The minimum atomic E-state index is -0.735. The van der Waals surface area contributed by atoms with E-state index in [0.29, 0.717) is 40.3 Å². The first-order valence-corrected chi connectivity index (χ1v) is 16.8. The third-order valence-corrected chi connectivity index (χ3v) is 11.8. The molecule has 0 spiro atoms. The molecule has 5 saturated carbocycles. The van der Waals surface area contributed by atoms with Crippen molar-refractivity contribution in [3.8, 4) is 5.88 Å². The molecule has 1 aromatic rings. The molecule has 5 aliphatic carbocycles. The SMILES string of the molecule is CC(C)(COc1noc(C(=O)NC2C3CC4CC(C3)CC2C4)c1SC1CCCCC1)C(=O)NCC1CCNCC1. The van der Waals surface area contributed by atoms with E-state index < -0.39 is 5.41 Å². The molecule has 9 heteroatoms. The fourth-order valence-corrected chi connectivity index (χ4v) is 9.55. The smallest absolute Gasteiger partial charge is 0.291 e. The van der Waals surface area contributed by atoms with Gasteiger partial charge < -0.3 is 25.2 Å². The Bertz CT molecular complexity index is 1020. The molecule has 3 N–H and O–H groups in total. The van der Waals surface area contributed by atoms with Crippen molar-refractivity contribution in [2.24, 2.45) is 35.0 Å². The Kier molecular flexibility index (Phi) is 8.69. The molecule has 7 rings (SSSR count). The molecule has 4 bridgehead atoms. The van der Waals surface area contributed by atoms with Gasteiger partial charge in [-0.2, -0.15) is 0 Å². The predicted molar refractivity (Wildman–Crippen MR) is 155 cm³/mol. The number of amides is 2. The van der Waals surface area contributed by atoms with Gasteiger partial charge in [-0.1, -0.05) is 19.3 Å². The Morgan fingerprint density at radius 1 is 1.00 bits per heavy atom. The van der Waals surface area contributed by atoms with Gasteiger partial charge in [-0.3, -0.25) is 9.59 Å². The van der Waals surface area contributed by atoms with Crippen LogP contribution in [0.25, 0.3) is 0 Å². The van der Waals surface area contributed by atoms with Crippen LogP contribution in [0.2, 0.25) is 0 Å². The van der Waals surface area contributed by atoms with Crippen LogP contribution in [0.1, 0.15) is 101 Å². The summed E-state index contributed by atoms with van der Waals surface area (Å²) >= 11 is 1.68. The Morgan fingerprint density at radius 3 is 2.35 bits per heavy atom. The van der Waals surface area contributed by atoms with Gasteiger partial charge in [0.2, 0.25) is 11.7 Å². The molecule has 8 nitrogen and oxygen atoms in total. The van der Waals surface area contributed by atoms with Crippen molar-refractivity contribution < 1.29 is 18.8 Å². The van der Waals surface area contributed by atoms with Crippen molar-refractivity contribution in [2.45, 2.75) is 107 Å². The molecule has 0 atom stereocenters. The fourth-order valence-electron chi connectivity index (χ4n) is 8.21. The van der Waals surface area contributed by atoms with Gasteiger partial charge in [0.25, 0.3) is 11.8 Å². The minimum Gasteiger partial charge on any atom is -0.474 e. The molecular formula is C31H48N4O4S. The maximum absolute atomic E-state index is 13.7. The summed E-state index contributed by atoms with van der Waals surface area (Å²) in [5.41, 5.74) is -0.735. The number of ether oxygens (including phenoxy) is 1. The van der Waals surface area contributed by atoms with E-state index in [1.54, 1.807) is 11.8 Å². The molecule has 6 fully saturated rings. The van der Waals surface area contributed by atoms with E-state index in [1.807, 2.05) is 13.8 Å². The lowest BCUT2D eigenvalue weighted by Gasteiger charge is -2.54. The molecule has 6 aliphatic rings. The highest BCUT2D eigenvalue weighted by Crippen LogP contribution is 2.54. The lowest BCUT2D eigenvalue weighted by Crippen LogP contribution is -2.55. The van der Waals surface area contributed by atoms with Crippen LogP contribution in [0.3, 0.4) is 0 Å². The number of carbonyl (C=O) groups excluding carboxylic acids is 2. The first kappa shape index (κ1) is 28.4. The van der Waals surface area contributed by atoms with Crippen LogP contribution in [0.15, 0.2) is 9.42 Å². The van der Waals surface area contributed by atoms with E-state index in [1.165, 1.54) is 51.4 Å². The fraction of sp³-hybridized carbons (Fsp3) is 0.839. The van der Waals surface area contributed by atoms with E-state index in [9.17, 15) is 9.59 Å². The summed E-state index contributed by atoms with van der Waals surface area (Å²) in [5.74, 6) is 3.89. The largest absolute Gasteiger partial charge is 0.474 e. The first-order valence-electron chi connectivity index (χ1n) is 15.9. The first-order chi connectivity index (χ1) is 19.4. The second kappa shape index (κ2) is 12.2. The molecule has 2 amide bonds. The van der Waals surface area contributed by atoms with Gasteiger partial charge in [-0.05, 0) is 119 Å². The molecule has 2 heterocycles. The van der Waals surface area contributed by atoms with Gasteiger partial charge in [-0.15, -0.1) is 11.8 Å². The van der Waals surface area contributed by atoms with E-state index >= 15 is 0 Å². The number of rotatable bonds is 10. The number of hydrogen-bond acceptors (Lipinski definition) is 7. The van der Waals surface area contributed by atoms with Gasteiger partial charge in [0.1, 0.15) is 11.5 Å². The molecule has 0 radical (unpaired) electrons. The number of piperidine rings is 1. The van der Waals surface area contributed by atoms with E-state index in [-0.39, 0.29) is 30.2 Å². The highest BCUT2D eigenvalue weighted by Gasteiger charge is 2.49. The molecule has 1 saturated heterocycles. The second-order valence-corrected chi connectivity index (χ2v) is 15.3. The van der Waals surface area contributed by atoms with Crippen molar-refractivity contribution in [3.63, 3.8) is 0 Å². The molecular weight excluding hydrogens is 524 g/mol. The summed E-state index contributed by atoms with van der Waals surface area (Å²) in [6.45, 7) is 6.70. The normalized spacial score (nSPS) is 30.8. The highest BCUT2D eigenvalue weighted by atomic mass is 32.2.